The zero-order chi connectivity index (χ0) is 11.2. The Bertz CT molecular complexity index is 412. The average molecular weight is 208 g/mol. The first-order valence-electron chi connectivity index (χ1n) is 4.19. The van der Waals surface area contributed by atoms with Gasteiger partial charge in [-0.2, -0.15) is 0 Å². The Morgan fingerprint density at radius 3 is 2.67 bits per heavy atom. The van der Waals surface area contributed by atoms with E-state index >= 15 is 0 Å². The standard InChI is InChI=1S/C9H8N2O4/c1-5-7(13)10(2)9-11(8(5)14)6(12)3-4-15-9/h3-4,9H,1H2,2H3. The van der Waals surface area contributed by atoms with Crippen LogP contribution in [0.1, 0.15) is 0 Å². The Morgan fingerprint density at radius 1 is 1.33 bits per heavy atom. The highest BCUT2D eigenvalue weighted by Gasteiger charge is 2.44. The molecule has 15 heavy (non-hydrogen) atoms. The zero-order valence-corrected chi connectivity index (χ0v) is 7.97. The summed E-state index contributed by atoms with van der Waals surface area (Å²) in [4.78, 5) is 36.4. The van der Waals surface area contributed by atoms with Crippen LogP contribution in [0.25, 0.3) is 0 Å². The minimum atomic E-state index is -0.993. The highest BCUT2D eigenvalue weighted by molar-refractivity contribution is 6.23. The van der Waals surface area contributed by atoms with Crippen molar-refractivity contribution in [3.05, 3.63) is 24.5 Å². The first-order chi connectivity index (χ1) is 7.04. The second-order valence-electron chi connectivity index (χ2n) is 3.17. The average Bonchev–Trinajstić information content (AvgIpc) is 2.23. The highest BCUT2D eigenvalue weighted by atomic mass is 16.5. The molecule has 0 bridgehead atoms. The van der Waals surface area contributed by atoms with Gasteiger partial charge in [0, 0.05) is 13.1 Å². The molecule has 0 radical (unpaired) electrons. The molecule has 0 spiro atoms. The Balaban J connectivity index is 2.45. The number of likely N-dealkylation sites (N-methyl/N-ethyl adjacent to an activating group) is 1. The number of ether oxygens (including phenoxy) is 1. The second-order valence-corrected chi connectivity index (χ2v) is 3.17. The largest absolute Gasteiger partial charge is 0.459 e. The molecule has 1 unspecified atom stereocenters. The van der Waals surface area contributed by atoms with Crippen LogP contribution in [-0.2, 0) is 19.1 Å². The summed E-state index contributed by atoms with van der Waals surface area (Å²) in [6.07, 6.45) is 1.29. The van der Waals surface area contributed by atoms with Crippen molar-refractivity contribution in [2.24, 2.45) is 0 Å². The number of amides is 3. The monoisotopic (exact) mass is 208 g/mol. The molecular weight excluding hydrogens is 200 g/mol. The molecule has 3 amide bonds. The lowest BCUT2D eigenvalue weighted by Crippen LogP contribution is -2.61. The molecule has 78 valence electrons. The maximum absolute atomic E-state index is 11.6. The molecule has 0 N–H and O–H groups in total. The van der Waals surface area contributed by atoms with Gasteiger partial charge in [-0.1, -0.05) is 6.58 Å². The minimum Gasteiger partial charge on any atom is -0.459 e. The van der Waals surface area contributed by atoms with Crippen LogP contribution in [0, 0.1) is 0 Å². The number of hydrogen-bond donors (Lipinski definition) is 0. The number of carbonyl (C=O) groups excluding carboxylic acids is 3. The van der Waals surface area contributed by atoms with E-state index in [1.54, 1.807) is 0 Å². The molecule has 0 saturated carbocycles. The number of hydrogen-bond acceptors (Lipinski definition) is 4. The van der Waals surface area contributed by atoms with E-state index in [2.05, 4.69) is 6.58 Å². The topological polar surface area (TPSA) is 66.9 Å². The van der Waals surface area contributed by atoms with Gasteiger partial charge < -0.3 is 4.74 Å². The summed E-state index contributed by atoms with van der Waals surface area (Å²) in [5.74, 6) is -1.77. The van der Waals surface area contributed by atoms with Crippen molar-refractivity contribution in [3.63, 3.8) is 0 Å². The van der Waals surface area contributed by atoms with Crippen molar-refractivity contribution in [2.45, 2.75) is 6.35 Å². The summed E-state index contributed by atoms with van der Waals surface area (Å²) >= 11 is 0. The molecule has 2 heterocycles. The summed E-state index contributed by atoms with van der Waals surface area (Å²) in [6.45, 7) is 3.34. The van der Waals surface area contributed by atoms with Crippen molar-refractivity contribution in [2.75, 3.05) is 7.05 Å². The van der Waals surface area contributed by atoms with Crippen LogP contribution in [0.5, 0.6) is 0 Å². The lowest BCUT2D eigenvalue weighted by molar-refractivity contribution is -0.180. The van der Waals surface area contributed by atoms with Gasteiger partial charge in [-0.15, -0.1) is 0 Å². The van der Waals surface area contributed by atoms with Crippen LogP contribution < -0.4 is 0 Å². The molecule has 1 saturated heterocycles. The van der Waals surface area contributed by atoms with E-state index in [1.165, 1.54) is 7.05 Å². The highest BCUT2D eigenvalue weighted by Crippen LogP contribution is 2.22. The lowest BCUT2D eigenvalue weighted by atomic mass is 10.1. The van der Waals surface area contributed by atoms with E-state index < -0.39 is 24.1 Å². The SMILES string of the molecule is C=C1C(=O)N(C)C2OC=CC(=O)N2C1=O. The fourth-order valence-electron chi connectivity index (χ4n) is 1.43. The normalized spacial score (nSPS) is 25.5. The maximum Gasteiger partial charge on any atom is 0.270 e. The van der Waals surface area contributed by atoms with E-state index in [1.807, 2.05) is 0 Å². The molecule has 2 aliphatic rings. The molecule has 1 fully saturated rings. The van der Waals surface area contributed by atoms with Gasteiger partial charge in [0.25, 0.3) is 24.1 Å². The molecule has 0 aromatic heterocycles. The third-order valence-corrected chi connectivity index (χ3v) is 2.26. The van der Waals surface area contributed by atoms with E-state index in [0.29, 0.717) is 0 Å². The molecule has 0 aromatic carbocycles. The predicted octanol–water partition coefficient (Wildman–Crippen LogP) is -0.803. The fraction of sp³-hybridized carbons (Fsp3) is 0.222. The lowest BCUT2D eigenvalue weighted by Gasteiger charge is -2.40. The number of fused-ring (bicyclic) bond motifs is 1. The van der Waals surface area contributed by atoms with Gasteiger partial charge in [0.2, 0.25) is 0 Å². The quantitative estimate of drug-likeness (QED) is 0.297. The summed E-state index contributed by atoms with van der Waals surface area (Å²) in [5.41, 5.74) is -0.235. The van der Waals surface area contributed by atoms with Gasteiger partial charge in [-0.25, -0.2) is 4.90 Å². The molecule has 0 aliphatic carbocycles. The summed E-state index contributed by atoms with van der Waals surface area (Å²) in [5, 5.41) is 0. The molecule has 0 aromatic rings. The first kappa shape index (κ1) is 9.45. The number of rotatable bonds is 0. The van der Waals surface area contributed by atoms with Gasteiger partial charge in [-0.3, -0.25) is 19.3 Å². The van der Waals surface area contributed by atoms with Crippen molar-refractivity contribution in [1.29, 1.82) is 0 Å². The third kappa shape index (κ3) is 1.14. The van der Waals surface area contributed by atoms with Crippen LogP contribution >= 0.6 is 0 Å². The van der Waals surface area contributed by atoms with Crippen LogP contribution in [0.4, 0.5) is 0 Å². The van der Waals surface area contributed by atoms with Crippen molar-refractivity contribution in [3.8, 4) is 0 Å². The molecule has 6 heteroatoms. The Kier molecular flexibility index (Phi) is 1.85. The number of nitrogens with zero attached hydrogens (tertiary/aromatic N) is 2. The van der Waals surface area contributed by atoms with E-state index in [9.17, 15) is 14.4 Å². The molecular formula is C9H8N2O4. The van der Waals surface area contributed by atoms with Gasteiger partial charge >= 0.3 is 0 Å². The number of imide groups is 1. The second kappa shape index (κ2) is 2.94. The fourth-order valence-corrected chi connectivity index (χ4v) is 1.43. The smallest absolute Gasteiger partial charge is 0.270 e. The summed E-state index contributed by atoms with van der Waals surface area (Å²) < 4.78 is 5.02. The molecule has 2 aliphatic heterocycles. The maximum atomic E-state index is 11.6. The van der Waals surface area contributed by atoms with E-state index in [-0.39, 0.29) is 5.57 Å². The van der Waals surface area contributed by atoms with Crippen molar-refractivity contribution in [1.82, 2.24) is 9.80 Å². The van der Waals surface area contributed by atoms with Crippen molar-refractivity contribution < 1.29 is 19.1 Å². The van der Waals surface area contributed by atoms with Crippen LogP contribution in [-0.4, -0.2) is 40.9 Å². The minimum absolute atomic E-state index is 0.235. The Labute approximate surface area is 85.4 Å². The van der Waals surface area contributed by atoms with E-state index in [0.717, 1.165) is 22.1 Å². The van der Waals surface area contributed by atoms with Gasteiger partial charge in [0.05, 0.1) is 11.8 Å². The predicted molar refractivity (Wildman–Crippen MR) is 47.8 cm³/mol. The van der Waals surface area contributed by atoms with E-state index in [4.69, 9.17) is 4.74 Å². The Morgan fingerprint density at radius 2 is 2.00 bits per heavy atom. The molecule has 1 atom stereocenters. The van der Waals surface area contributed by atoms with Crippen LogP contribution in [0.2, 0.25) is 0 Å². The number of carbonyl (C=O) groups is 3. The molecule has 6 nitrogen and oxygen atoms in total. The van der Waals surface area contributed by atoms with Crippen LogP contribution in [0.15, 0.2) is 24.5 Å². The summed E-state index contributed by atoms with van der Waals surface area (Å²) in [7, 11) is 1.43. The third-order valence-electron chi connectivity index (χ3n) is 2.26. The Hall–Kier alpha value is -2.11. The van der Waals surface area contributed by atoms with Gasteiger partial charge in [-0.05, 0) is 0 Å². The van der Waals surface area contributed by atoms with Crippen molar-refractivity contribution >= 4 is 17.7 Å². The molecule has 2 rings (SSSR count). The summed E-state index contributed by atoms with van der Waals surface area (Å²) in [6, 6.07) is 0. The van der Waals surface area contributed by atoms with Gasteiger partial charge in [0.15, 0.2) is 0 Å². The van der Waals surface area contributed by atoms with Crippen LogP contribution in [0.3, 0.4) is 0 Å². The zero-order valence-electron chi connectivity index (χ0n) is 7.97. The first-order valence-corrected chi connectivity index (χ1v) is 4.19. The van der Waals surface area contributed by atoms with Gasteiger partial charge in [0.1, 0.15) is 0 Å².